The molecule has 0 aliphatic heterocycles. The SMILES string of the molecule is [2H]c1c([2H])c([2H])c([C@H]2C[C@@H]2N)c([2H])c1[2H]. The summed E-state index contributed by atoms with van der Waals surface area (Å²) in [6, 6.07) is -1.18. The van der Waals surface area contributed by atoms with Crippen molar-refractivity contribution in [2.75, 3.05) is 0 Å². The van der Waals surface area contributed by atoms with Crippen LogP contribution in [0.15, 0.2) is 30.2 Å². The van der Waals surface area contributed by atoms with Gasteiger partial charge in [-0.05, 0) is 12.0 Å². The molecule has 0 saturated heterocycles. The standard InChI is InChI=1S/C9H11N/c10-9-6-8(9)7-4-2-1-3-5-7/h1-5,8-9H,6,10H2/t8-,9+/m1/s1/i1D,2D,3D,4D,5D. The molecule has 2 atom stereocenters. The average molecular weight is 138 g/mol. The lowest BCUT2D eigenvalue weighted by molar-refractivity contribution is 0.991. The lowest BCUT2D eigenvalue weighted by Crippen LogP contribution is -2.00. The zero-order valence-corrected chi connectivity index (χ0v) is 5.44. The maximum Gasteiger partial charge on any atom is 0.0626 e. The normalized spacial score (nSPS) is 37.1. The first-order valence-electron chi connectivity index (χ1n) is 5.77. The van der Waals surface area contributed by atoms with Gasteiger partial charge in [0.1, 0.15) is 0 Å². The van der Waals surface area contributed by atoms with E-state index < -0.39 is 0 Å². The minimum absolute atomic E-state index is 0.0615. The summed E-state index contributed by atoms with van der Waals surface area (Å²) < 4.78 is 37.7. The second-order valence-corrected chi connectivity index (χ2v) is 2.54. The molecule has 1 fully saturated rings. The van der Waals surface area contributed by atoms with E-state index in [1.807, 2.05) is 0 Å². The minimum Gasteiger partial charge on any atom is -0.327 e. The summed E-state index contributed by atoms with van der Waals surface area (Å²) in [6.45, 7) is 0. The Balaban J connectivity index is 2.64. The molecule has 0 aromatic heterocycles. The Morgan fingerprint density at radius 2 is 2.00 bits per heavy atom. The number of nitrogens with two attached hydrogens (primary N) is 1. The molecule has 0 spiro atoms. The van der Waals surface area contributed by atoms with Crippen LogP contribution in [0.2, 0.25) is 0 Å². The van der Waals surface area contributed by atoms with Crippen molar-refractivity contribution in [3.63, 3.8) is 0 Å². The summed E-state index contributed by atoms with van der Waals surface area (Å²) in [6.07, 6.45) is 0.702. The summed E-state index contributed by atoms with van der Waals surface area (Å²) in [5.74, 6) is -0.0706. The Morgan fingerprint density at radius 3 is 2.50 bits per heavy atom. The van der Waals surface area contributed by atoms with E-state index in [-0.39, 0.29) is 42.2 Å². The van der Waals surface area contributed by atoms with Crippen LogP contribution < -0.4 is 5.73 Å². The van der Waals surface area contributed by atoms with Crippen molar-refractivity contribution in [3.05, 3.63) is 35.8 Å². The lowest BCUT2D eigenvalue weighted by atomic mass is 10.1. The van der Waals surface area contributed by atoms with E-state index in [0.717, 1.165) is 0 Å². The number of rotatable bonds is 1. The summed E-state index contributed by atoms with van der Waals surface area (Å²) in [5, 5.41) is 0. The van der Waals surface area contributed by atoms with Crippen LogP contribution in [-0.4, -0.2) is 6.04 Å². The highest BCUT2D eigenvalue weighted by Gasteiger charge is 2.34. The maximum absolute atomic E-state index is 7.67. The van der Waals surface area contributed by atoms with Crippen molar-refractivity contribution in [1.29, 1.82) is 0 Å². The maximum atomic E-state index is 7.67. The zero-order valence-electron chi connectivity index (χ0n) is 10.4. The largest absolute Gasteiger partial charge is 0.327 e. The monoisotopic (exact) mass is 138 g/mol. The Labute approximate surface area is 67.9 Å². The van der Waals surface area contributed by atoms with E-state index in [1.165, 1.54) is 0 Å². The van der Waals surface area contributed by atoms with Crippen molar-refractivity contribution in [3.8, 4) is 0 Å². The fourth-order valence-corrected chi connectivity index (χ4v) is 0.992. The highest BCUT2D eigenvalue weighted by atomic mass is 14.7. The molecule has 10 heavy (non-hydrogen) atoms. The summed E-state index contributed by atoms with van der Waals surface area (Å²) >= 11 is 0. The minimum atomic E-state index is -0.344. The van der Waals surface area contributed by atoms with E-state index in [0.29, 0.717) is 12.0 Å². The number of hydrogen-bond acceptors (Lipinski definition) is 1. The summed E-state index contributed by atoms with van der Waals surface area (Å²) in [5.41, 5.74) is 6.01. The average Bonchev–Trinajstić information content (AvgIpc) is 2.90. The summed E-state index contributed by atoms with van der Waals surface area (Å²) in [7, 11) is 0. The Kier molecular flexibility index (Phi) is 0.559. The van der Waals surface area contributed by atoms with Crippen molar-refractivity contribution in [2.24, 2.45) is 5.73 Å². The molecule has 2 N–H and O–H groups in total. The van der Waals surface area contributed by atoms with Gasteiger partial charge in [-0.25, -0.2) is 0 Å². The van der Waals surface area contributed by atoms with Gasteiger partial charge in [-0.3, -0.25) is 0 Å². The second kappa shape index (κ2) is 2.10. The zero-order chi connectivity index (χ0) is 11.3. The van der Waals surface area contributed by atoms with Crippen LogP contribution in [0.25, 0.3) is 0 Å². The molecule has 0 amide bonds. The first-order chi connectivity index (χ1) is 6.95. The van der Waals surface area contributed by atoms with Crippen LogP contribution in [0.1, 0.15) is 24.8 Å². The molecule has 1 saturated carbocycles. The van der Waals surface area contributed by atoms with Crippen LogP contribution in [0, 0.1) is 0 Å². The Morgan fingerprint density at radius 1 is 1.40 bits per heavy atom. The van der Waals surface area contributed by atoms with E-state index in [9.17, 15) is 0 Å². The molecule has 0 heterocycles. The van der Waals surface area contributed by atoms with Crippen molar-refractivity contribution in [2.45, 2.75) is 18.4 Å². The molecule has 1 aromatic carbocycles. The van der Waals surface area contributed by atoms with Gasteiger partial charge < -0.3 is 5.73 Å². The van der Waals surface area contributed by atoms with Crippen LogP contribution in [0.5, 0.6) is 0 Å². The van der Waals surface area contributed by atoms with Gasteiger partial charge >= 0.3 is 0 Å². The molecule has 1 aromatic rings. The van der Waals surface area contributed by atoms with Crippen molar-refractivity contribution in [1.82, 2.24) is 0 Å². The van der Waals surface area contributed by atoms with Gasteiger partial charge in [0, 0.05) is 12.0 Å². The predicted octanol–water partition coefficient (Wildman–Crippen LogP) is 1.50. The molecule has 2 rings (SSSR count). The van der Waals surface area contributed by atoms with E-state index in [4.69, 9.17) is 12.6 Å². The molecule has 0 unspecified atom stereocenters. The first kappa shape index (κ1) is 2.67. The Hall–Kier alpha value is -0.820. The van der Waals surface area contributed by atoms with Crippen LogP contribution in [-0.2, 0) is 0 Å². The molecular formula is C9H11N. The number of hydrogen-bond donors (Lipinski definition) is 1. The molecule has 1 aliphatic rings. The number of benzene rings is 1. The third kappa shape index (κ3) is 0.929. The van der Waals surface area contributed by atoms with Gasteiger partial charge in [0.05, 0.1) is 6.85 Å². The molecular weight excluding hydrogens is 122 g/mol. The fourth-order valence-electron chi connectivity index (χ4n) is 0.992. The van der Waals surface area contributed by atoms with Crippen LogP contribution in [0.3, 0.4) is 0 Å². The first-order valence-corrected chi connectivity index (χ1v) is 3.27. The van der Waals surface area contributed by atoms with Gasteiger partial charge in [0.15, 0.2) is 0 Å². The van der Waals surface area contributed by atoms with E-state index in [2.05, 4.69) is 0 Å². The third-order valence-corrected chi connectivity index (χ3v) is 1.73. The van der Waals surface area contributed by atoms with E-state index >= 15 is 0 Å². The Bertz CT molecular complexity index is 402. The van der Waals surface area contributed by atoms with Crippen LogP contribution in [0.4, 0.5) is 0 Å². The third-order valence-electron chi connectivity index (χ3n) is 1.73. The lowest BCUT2D eigenvalue weighted by Gasteiger charge is -1.94. The topological polar surface area (TPSA) is 26.0 Å². The molecule has 1 nitrogen and oxygen atoms in total. The smallest absolute Gasteiger partial charge is 0.0626 e. The molecule has 52 valence electrons. The second-order valence-electron chi connectivity index (χ2n) is 2.54. The predicted molar refractivity (Wildman–Crippen MR) is 41.8 cm³/mol. The molecule has 0 radical (unpaired) electrons. The fraction of sp³-hybridized carbons (Fsp3) is 0.333. The highest BCUT2D eigenvalue weighted by Crippen LogP contribution is 2.38. The van der Waals surface area contributed by atoms with Gasteiger partial charge in [-0.1, -0.05) is 30.2 Å². The van der Waals surface area contributed by atoms with Gasteiger partial charge in [0.25, 0.3) is 0 Å². The van der Waals surface area contributed by atoms with Gasteiger partial charge in [-0.15, -0.1) is 0 Å². The molecule has 1 aliphatic carbocycles. The highest BCUT2D eigenvalue weighted by molar-refractivity contribution is 5.26. The molecule has 1 heteroatoms. The summed E-state index contributed by atoms with van der Waals surface area (Å²) in [4.78, 5) is 0. The molecule has 0 bridgehead atoms. The van der Waals surface area contributed by atoms with Crippen LogP contribution >= 0.6 is 0 Å². The van der Waals surface area contributed by atoms with Gasteiger partial charge in [-0.2, -0.15) is 0 Å². The van der Waals surface area contributed by atoms with Gasteiger partial charge in [0.2, 0.25) is 0 Å². The van der Waals surface area contributed by atoms with Crippen molar-refractivity contribution < 1.29 is 6.85 Å². The van der Waals surface area contributed by atoms with E-state index in [1.54, 1.807) is 0 Å². The van der Waals surface area contributed by atoms with Crippen molar-refractivity contribution >= 4 is 0 Å². The quantitative estimate of drug-likeness (QED) is 0.625.